The average Bonchev–Trinajstić information content (AvgIpc) is 2.91. The van der Waals surface area contributed by atoms with E-state index >= 15 is 0 Å². The lowest BCUT2D eigenvalue weighted by Crippen LogP contribution is -1.96. The third kappa shape index (κ3) is 3.01. The van der Waals surface area contributed by atoms with Crippen molar-refractivity contribution >= 4 is 23.1 Å². The normalized spacial score (nSPS) is 11.7. The summed E-state index contributed by atoms with van der Waals surface area (Å²) in [6.45, 7) is 4.17. The Balaban J connectivity index is 2.03. The number of carboxylic acid groups (broad SMARTS) is 1. The number of pyridine rings is 1. The van der Waals surface area contributed by atoms with Crippen molar-refractivity contribution in [2.75, 3.05) is 0 Å². The second kappa shape index (κ2) is 6.19. The maximum atomic E-state index is 13.4. The highest BCUT2D eigenvalue weighted by molar-refractivity contribution is 5.91. The van der Waals surface area contributed by atoms with E-state index in [4.69, 9.17) is 0 Å². The van der Waals surface area contributed by atoms with E-state index in [-0.39, 0.29) is 17.2 Å². The molecular weight excluding hydrogens is 311 g/mol. The quantitative estimate of drug-likeness (QED) is 0.705. The number of fused-ring (bicyclic) bond motifs is 1. The van der Waals surface area contributed by atoms with E-state index in [1.165, 1.54) is 16.5 Å². The molecule has 0 fully saturated rings. The van der Waals surface area contributed by atoms with Crippen molar-refractivity contribution in [2.45, 2.75) is 19.8 Å². The Kier molecular flexibility index (Phi) is 4.07. The van der Waals surface area contributed by atoms with Crippen LogP contribution >= 0.6 is 0 Å². The first-order valence-corrected chi connectivity index (χ1v) is 7.38. The molecule has 3 rings (SSSR count). The Morgan fingerprint density at radius 3 is 2.50 bits per heavy atom. The molecule has 0 saturated carbocycles. The molecule has 0 atom stereocenters. The number of carboxylic acids is 1. The maximum absolute atomic E-state index is 13.4. The molecule has 0 saturated heterocycles. The van der Waals surface area contributed by atoms with Gasteiger partial charge in [-0.2, -0.15) is 0 Å². The van der Waals surface area contributed by atoms with Crippen LogP contribution in [0.5, 0.6) is 0 Å². The summed E-state index contributed by atoms with van der Waals surface area (Å²) in [4.78, 5) is 15.3. The zero-order chi connectivity index (χ0) is 17.3. The minimum Gasteiger partial charge on any atom is -0.476 e. The largest absolute Gasteiger partial charge is 0.476 e. The van der Waals surface area contributed by atoms with Crippen LogP contribution in [0.2, 0.25) is 0 Å². The Hall–Kier alpha value is -3.09. The lowest BCUT2D eigenvalue weighted by Gasteiger charge is -2.04. The predicted molar refractivity (Wildman–Crippen MR) is 86.8 cm³/mol. The fourth-order valence-corrected chi connectivity index (χ4v) is 2.28. The van der Waals surface area contributed by atoms with Crippen LogP contribution in [0.4, 0.5) is 15.9 Å². The lowest BCUT2D eigenvalue weighted by molar-refractivity contribution is 0.0692. The zero-order valence-electron chi connectivity index (χ0n) is 13.1. The first-order chi connectivity index (χ1) is 11.5. The Morgan fingerprint density at radius 1 is 1.17 bits per heavy atom. The monoisotopic (exact) mass is 326 g/mol. The minimum absolute atomic E-state index is 0.0232. The standard InChI is InChI=1S/C17H15FN4O2/c1-10(2)11-3-6-13(7-4-11)20-21-16-15(17(23)24)19-14-8-5-12(18)9-22(14)16/h3-10H,1-2H3,(H,23,24). The van der Waals surface area contributed by atoms with Crippen molar-refractivity contribution in [3.05, 3.63) is 59.7 Å². The minimum atomic E-state index is -1.25. The number of hydrogen-bond donors (Lipinski definition) is 1. The van der Waals surface area contributed by atoms with Gasteiger partial charge in [0.15, 0.2) is 11.5 Å². The molecule has 24 heavy (non-hydrogen) atoms. The number of azo groups is 1. The highest BCUT2D eigenvalue weighted by Gasteiger charge is 2.18. The molecule has 3 aromatic rings. The van der Waals surface area contributed by atoms with Crippen molar-refractivity contribution in [1.82, 2.24) is 9.38 Å². The molecule has 0 spiro atoms. The summed E-state index contributed by atoms with van der Waals surface area (Å²) in [6.07, 6.45) is 1.13. The van der Waals surface area contributed by atoms with Crippen molar-refractivity contribution in [1.29, 1.82) is 0 Å². The highest BCUT2D eigenvalue weighted by Crippen LogP contribution is 2.25. The molecule has 2 aromatic heterocycles. The van der Waals surface area contributed by atoms with E-state index in [2.05, 4.69) is 29.1 Å². The molecule has 122 valence electrons. The number of imidazole rings is 1. The fraction of sp³-hybridized carbons (Fsp3) is 0.176. The summed E-state index contributed by atoms with van der Waals surface area (Å²) < 4.78 is 14.7. The van der Waals surface area contributed by atoms with Gasteiger partial charge in [-0.3, -0.25) is 4.40 Å². The summed E-state index contributed by atoms with van der Waals surface area (Å²) in [5.74, 6) is -1.39. The second-order valence-electron chi connectivity index (χ2n) is 5.61. The molecule has 6 nitrogen and oxygen atoms in total. The molecule has 1 aromatic carbocycles. The van der Waals surface area contributed by atoms with Gasteiger partial charge >= 0.3 is 5.97 Å². The van der Waals surface area contributed by atoms with E-state index in [9.17, 15) is 14.3 Å². The molecule has 0 aliphatic carbocycles. The van der Waals surface area contributed by atoms with Crippen LogP contribution in [0.1, 0.15) is 35.8 Å². The van der Waals surface area contributed by atoms with Crippen LogP contribution in [-0.4, -0.2) is 20.5 Å². The van der Waals surface area contributed by atoms with Gasteiger partial charge in [0.2, 0.25) is 0 Å². The molecule has 0 unspecified atom stereocenters. The fourth-order valence-electron chi connectivity index (χ4n) is 2.28. The van der Waals surface area contributed by atoms with Gasteiger partial charge in [-0.1, -0.05) is 26.0 Å². The summed E-state index contributed by atoms with van der Waals surface area (Å²) in [5, 5.41) is 17.3. The van der Waals surface area contributed by atoms with Crippen LogP contribution < -0.4 is 0 Å². The molecular formula is C17H15FN4O2. The predicted octanol–water partition coefficient (Wildman–Crippen LogP) is 4.71. The van der Waals surface area contributed by atoms with Crippen LogP contribution in [-0.2, 0) is 0 Å². The van der Waals surface area contributed by atoms with E-state index in [0.29, 0.717) is 11.6 Å². The number of hydrogen-bond acceptors (Lipinski definition) is 4. The van der Waals surface area contributed by atoms with E-state index < -0.39 is 11.8 Å². The van der Waals surface area contributed by atoms with Gasteiger partial charge in [-0.05, 0) is 35.7 Å². The molecule has 0 aliphatic heterocycles. The molecule has 7 heteroatoms. The van der Waals surface area contributed by atoms with Crippen molar-refractivity contribution < 1.29 is 14.3 Å². The van der Waals surface area contributed by atoms with Crippen molar-refractivity contribution in [2.24, 2.45) is 10.2 Å². The molecule has 2 heterocycles. The Morgan fingerprint density at radius 2 is 1.88 bits per heavy atom. The number of benzene rings is 1. The highest BCUT2D eigenvalue weighted by atomic mass is 19.1. The van der Waals surface area contributed by atoms with Gasteiger partial charge in [-0.25, -0.2) is 14.2 Å². The van der Waals surface area contributed by atoms with E-state index in [0.717, 1.165) is 11.8 Å². The van der Waals surface area contributed by atoms with Gasteiger partial charge in [0.25, 0.3) is 0 Å². The SMILES string of the molecule is CC(C)c1ccc(N=Nc2c(C(=O)O)nc3ccc(F)cn23)cc1. The van der Waals surface area contributed by atoms with Crippen molar-refractivity contribution in [3.8, 4) is 0 Å². The molecule has 0 radical (unpaired) electrons. The van der Waals surface area contributed by atoms with E-state index in [1.54, 1.807) is 12.1 Å². The van der Waals surface area contributed by atoms with Crippen molar-refractivity contribution in [3.63, 3.8) is 0 Å². The summed E-state index contributed by atoms with van der Waals surface area (Å²) in [7, 11) is 0. The van der Waals surface area contributed by atoms with Gasteiger partial charge in [0.05, 0.1) is 5.69 Å². The topological polar surface area (TPSA) is 79.3 Å². The van der Waals surface area contributed by atoms with Crippen LogP contribution in [0.15, 0.2) is 52.8 Å². The van der Waals surface area contributed by atoms with Gasteiger partial charge < -0.3 is 5.11 Å². The van der Waals surface area contributed by atoms with Crippen LogP contribution in [0.3, 0.4) is 0 Å². The van der Waals surface area contributed by atoms with Gasteiger partial charge in [0.1, 0.15) is 11.5 Å². The zero-order valence-corrected chi connectivity index (χ0v) is 13.1. The summed E-state index contributed by atoms with van der Waals surface area (Å²) in [6, 6.07) is 10.1. The molecule has 1 N–H and O–H groups in total. The smallest absolute Gasteiger partial charge is 0.358 e. The number of halogens is 1. The number of carbonyl (C=O) groups is 1. The first-order valence-electron chi connectivity index (χ1n) is 7.38. The number of rotatable bonds is 4. The van der Waals surface area contributed by atoms with Crippen LogP contribution in [0, 0.1) is 5.82 Å². The Bertz CT molecular complexity index is 930. The number of aromatic carboxylic acids is 1. The lowest BCUT2D eigenvalue weighted by atomic mass is 10.0. The third-order valence-corrected chi connectivity index (χ3v) is 3.58. The Labute approximate surface area is 137 Å². The molecule has 0 bridgehead atoms. The maximum Gasteiger partial charge on any atom is 0.358 e. The summed E-state index contributed by atoms with van der Waals surface area (Å²) >= 11 is 0. The van der Waals surface area contributed by atoms with Gasteiger partial charge in [0, 0.05) is 6.20 Å². The first kappa shape index (κ1) is 15.8. The number of nitrogens with zero attached hydrogens (tertiary/aromatic N) is 4. The molecule has 0 amide bonds. The third-order valence-electron chi connectivity index (χ3n) is 3.58. The second-order valence-corrected chi connectivity index (χ2v) is 5.61. The average molecular weight is 326 g/mol. The molecule has 0 aliphatic rings. The number of aromatic nitrogens is 2. The van der Waals surface area contributed by atoms with Crippen LogP contribution in [0.25, 0.3) is 5.65 Å². The van der Waals surface area contributed by atoms with E-state index in [1.807, 2.05) is 12.1 Å². The summed E-state index contributed by atoms with van der Waals surface area (Å²) in [5.41, 5.74) is 1.75. The van der Waals surface area contributed by atoms with Gasteiger partial charge in [-0.15, -0.1) is 10.2 Å².